The van der Waals surface area contributed by atoms with Crippen LogP contribution in [-0.2, 0) is 32.7 Å². The number of esters is 2. The summed E-state index contributed by atoms with van der Waals surface area (Å²) in [4.78, 5) is 35.0. The van der Waals surface area contributed by atoms with Crippen molar-refractivity contribution in [2.45, 2.75) is 245 Å². The molecule has 62 heavy (non-hydrogen) atoms. The van der Waals surface area contributed by atoms with Crippen LogP contribution in [-0.4, -0.2) is 49.3 Å². The minimum atomic E-state index is -4.38. The summed E-state index contributed by atoms with van der Waals surface area (Å²) in [5, 5.41) is 0. The van der Waals surface area contributed by atoms with Crippen LogP contribution in [0.2, 0.25) is 0 Å². The fourth-order valence-electron chi connectivity index (χ4n) is 7.11. The molecule has 0 aromatic heterocycles. The molecule has 2 atom stereocenters. The summed E-state index contributed by atoms with van der Waals surface area (Å²) < 4.78 is 32.9. The molecule has 0 spiro atoms. The lowest BCUT2D eigenvalue weighted by Gasteiger charge is -2.19. The first-order valence-corrected chi connectivity index (χ1v) is 27.1. The number of phosphoric acid groups is 1. The van der Waals surface area contributed by atoms with Gasteiger partial charge in [-0.3, -0.25) is 18.6 Å². The Labute approximate surface area is 381 Å². The predicted octanol–water partition coefficient (Wildman–Crippen LogP) is 15.5. The number of hydrogen-bond donors (Lipinski definition) is 2. The topological polar surface area (TPSA) is 134 Å². The number of carbonyl (C=O) groups excluding carboxylic acids is 2. The fraction of sp³-hybridized carbons (Fsp3) is 0.808. The Balaban J connectivity index is 4.01. The van der Waals surface area contributed by atoms with E-state index in [4.69, 9.17) is 24.3 Å². The number of unbranched alkanes of at least 4 members (excludes halogenated alkanes) is 27. The molecule has 0 aliphatic heterocycles. The molecule has 0 fully saturated rings. The number of nitrogens with two attached hydrogens (primary N) is 1. The minimum absolute atomic E-state index is 0.0514. The average Bonchev–Trinajstić information content (AvgIpc) is 3.26. The molecule has 0 aromatic rings. The van der Waals surface area contributed by atoms with E-state index in [2.05, 4.69) is 62.5 Å². The predicted molar refractivity (Wildman–Crippen MR) is 261 cm³/mol. The van der Waals surface area contributed by atoms with Crippen LogP contribution >= 0.6 is 7.82 Å². The second-order valence-corrected chi connectivity index (χ2v) is 18.5. The molecule has 362 valence electrons. The first-order chi connectivity index (χ1) is 30.3. The van der Waals surface area contributed by atoms with Crippen LogP contribution in [0.3, 0.4) is 0 Å². The van der Waals surface area contributed by atoms with Gasteiger partial charge in [0, 0.05) is 19.4 Å². The summed E-state index contributed by atoms with van der Waals surface area (Å²) in [5.74, 6) is -0.836. The van der Waals surface area contributed by atoms with E-state index < -0.39 is 26.5 Å². The summed E-state index contributed by atoms with van der Waals surface area (Å²) >= 11 is 0. The smallest absolute Gasteiger partial charge is 0.462 e. The standard InChI is InChI=1S/C52H96NO8P/c1-3-5-7-9-11-13-15-17-19-20-21-22-23-24-25-26-27-28-29-30-31-33-35-37-39-41-43-45-52(55)61-50(49-60-62(56,57)59-47-46-53)48-58-51(54)44-42-40-38-36-34-32-18-16-14-12-10-8-6-4-2/h15-18,20-21,23-24,50H,3-14,19,22,25-49,53H2,1-2H3,(H,56,57)/b17-15-,18-16-,21-20-,24-23-. The van der Waals surface area contributed by atoms with Gasteiger partial charge in [0.15, 0.2) is 6.10 Å². The number of phosphoric ester groups is 1. The molecule has 0 radical (unpaired) electrons. The normalized spacial score (nSPS) is 13.5. The van der Waals surface area contributed by atoms with E-state index in [9.17, 15) is 19.0 Å². The van der Waals surface area contributed by atoms with Gasteiger partial charge < -0.3 is 20.1 Å². The SMILES string of the molecule is CCCCCCC/C=C\C/C=C\C/C=C\CCCCCCCCCCCCCCC(=O)OC(COC(=O)CCCCCCC/C=C\CCCCCCC)COP(=O)(O)OCCN. The lowest BCUT2D eigenvalue weighted by Crippen LogP contribution is -2.29. The quantitative estimate of drug-likeness (QED) is 0.0265. The van der Waals surface area contributed by atoms with Gasteiger partial charge in [-0.05, 0) is 77.0 Å². The number of rotatable bonds is 48. The van der Waals surface area contributed by atoms with Crippen molar-refractivity contribution >= 4 is 19.8 Å². The highest BCUT2D eigenvalue weighted by Crippen LogP contribution is 2.43. The van der Waals surface area contributed by atoms with E-state index in [1.807, 2.05) is 0 Å². The molecule has 0 saturated carbocycles. The molecule has 0 heterocycles. The van der Waals surface area contributed by atoms with Crippen LogP contribution in [0, 0.1) is 0 Å². The fourth-order valence-corrected chi connectivity index (χ4v) is 7.87. The van der Waals surface area contributed by atoms with Gasteiger partial charge in [-0.15, -0.1) is 0 Å². The van der Waals surface area contributed by atoms with E-state index in [-0.39, 0.29) is 38.6 Å². The monoisotopic (exact) mass is 894 g/mol. The molecule has 0 saturated heterocycles. The molecule has 2 unspecified atom stereocenters. The minimum Gasteiger partial charge on any atom is -0.462 e. The maximum atomic E-state index is 12.6. The molecule has 0 aromatic carbocycles. The third kappa shape index (κ3) is 47.4. The Morgan fingerprint density at radius 1 is 0.484 bits per heavy atom. The van der Waals surface area contributed by atoms with Crippen LogP contribution in [0.5, 0.6) is 0 Å². The van der Waals surface area contributed by atoms with E-state index in [0.29, 0.717) is 6.42 Å². The van der Waals surface area contributed by atoms with Gasteiger partial charge in [0.05, 0.1) is 13.2 Å². The molecule has 3 N–H and O–H groups in total. The Morgan fingerprint density at radius 2 is 0.839 bits per heavy atom. The zero-order chi connectivity index (χ0) is 45.3. The third-order valence-electron chi connectivity index (χ3n) is 10.9. The van der Waals surface area contributed by atoms with Crippen molar-refractivity contribution in [3.63, 3.8) is 0 Å². The van der Waals surface area contributed by atoms with Crippen LogP contribution in [0.15, 0.2) is 48.6 Å². The third-order valence-corrected chi connectivity index (χ3v) is 11.9. The van der Waals surface area contributed by atoms with Crippen molar-refractivity contribution in [3.05, 3.63) is 48.6 Å². The number of hydrogen-bond acceptors (Lipinski definition) is 8. The molecule has 0 aliphatic carbocycles. The summed E-state index contributed by atoms with van der Waals surface area (Å²) in [6.07, 6.45) is 57.2. The Morgan fingerprint density at radius 3 is 1.26 bits per heavy atom. The van der Waals surface area contributed by atoms with Gasteiger partial charge in [-0.2, -0.15) is 0 Å². The highest BCUT2D eigenvalue weighted by atomic mass is 31.2. The van der Waals surface area contributed by atoms with Crippen LogP contribution in [0.4, 0.5) is 0 Å². The molecule has 0 bridgehead atoms. The van der Waals surface area contributed by atoms with Crippen molar-refractivity contribution in [3.8, 4) is 0 Å². The zero-order valence-electron chi connectivity index (χ0n) is 40.1. The van der Waals surface area contributed by atoms with Gasteiger partial charge in [-0.25, -0.2) is 4.57 Å². The van der Waals surface area contributed by atoms with Gasteiger partial charge in [-0.1, -0.05) is 197 Å². The summed E-state index contributed by atoms with van der Waals surface area (Å²) in [6, 6.07) is 0. The van der Waals surface area contributed by atoms with Crippen LogP contribution in [0.25, 0.3) is 0 Å². The highest BCUT2D eigenvalue weighted by Gasteiger charge is 2.26. The van der Waals surface area contributed by atoms with E-state index in [1.165, 1.54) is 135 Å². The maximum absolute atomic E-state index is 12.6. The zero-order valence-corrected chi connectivity index (χ0v) is 41.0. The highest BCUT2D eigenvalue weighted by molar-refractivity contribution is 7.47. The molecule has 0 amide bonds. The summed E-state index contributed by atoms with van der Waals surface area (Å²) in [6.45, 7) is 3.72. The first-order valence-electron chi connectivity index (χ1n) is 25.6. The van der Waals surface area contributed by atoms with Crippen LogP contribution in [0.1, 0.15) is 239 Å². The maximum Gasteiger partial charge on any atom is 0.472 e. The lowest BCUT2D eigenvalue weighted by atomic mass is 10.0. The van der Waals surface area contributed by atoms with Gasteiger partial charge in [0.25, 0.3) is 0 Å². The van der Waals surface area contributed by atoms with Gasteiger partial charge in [0.1, 0.15) is 6.61 Å². The van der Waals surface area contributed by atoms with Crippen molar-refractivity contribution in [1.29, 1.82) is 0 Å². The molecular weight excluding hydrogens is 798 g/mol. The molecule has 0 rings (SSSR count). The lowest BCUT2D eigenvalue weighted by molar-refractivity contribution is -0.161. The molecule has 9 nitrogen and oxygen atoms in total. The Bertz CT molecular complexity index is 1160. The molecule has 10 heteroatoms. The van der Waals surface area contributed by atoms with Gasteiger partial charge >= 0.3 is 19.8 Å². The Kier molecular flexibility index (Phi) is 46.8. The summed E-state index contributed by atoms with van der Waals surface area (Å²) in [5.41, 5.74) is 5.36. The number of allylic oxidation sites excluding steroid dienone is 8. The second-order valence-electron chi connectivity index (χ2n) is 17.0. The Hall–Kier alpha value is -2.03. The summed E-state index contributed by atoms with van der Waals surface area (Å²) in [7, 11) is -4.38. The van der Waals surface area contributed by atoms with E-state index in [1.54, 1.807) is 0 Å². The van der Waals surface area contributed by atoms with E-state index >= 15 is 0 Å². The number of carbonyl (C=O) groups is 2. The van der Waals surface area contributed by atoms with Crippen molar-refractivity contribution in [2.24, 2.45) is 5.73 Å². The second kappa shape index (κ2) is 48.4. The van der Waals surface area contributed by atoms with Crippen LogP contribution < -0.4 is 5.73 Å². The molecule has 0 aliphatic rings. The van der Waals surface area contributed by atoms with Gasteiger partial charge in [0.2, 0.25) is 0 Å². The molecular formula is C52H96NO8P. The van der Waals surface area contributed by atoms with Crippen molar-refractivity contribution in [1.82, 2.24) is 0 Å². The number of ether oxygens (including phenoxy) is 2. The van der Waals surface area contributed by atoms with E-state index in [0.717, 1.165) is 70.6 Å². The van der Waals surface area contributed by atoms with Crippen molar-refractivity contribution < 1.29 is 37.6 Å². The van der Waals surface area contributed by atoms with Crippen molar-refractivity contribution in [2.75, 3.05) is 26.4 Å². The largest absolute Gasteiger partial charge is 0.472 e. The first kappa shape index (κ1) is 60.0. The average molecular weight is 894 g/mol.